The van der Waals surface area contributed by atoms with Crippen molar-refractivity contribution in [1.29, 1.82) is 0 Å². The van der Waals surface area contributed by atoms with E-state index in [1.165, 1.54) is 42.1 Å². The molecule has 0 spiro atoms. The number of benzene rings is 1. The first-order valence-electron chi connectivity index (χ1n) is 7.91. The summed E-state index contributed by atoms with van der Waals surface area (Å²) in [6.45, 7) is 8.15. The smallest absolute Gasteiger partial charge is 0.0300 e. The fraction of sp³-hybridized carbons (Fsp3) is 0.444. The normalized spacial score (nSPS) is 19.2. The minimum Gasteiger partial charge on any atom is -0.312 e. The van der Waals surface area contributed by atoms with Crippen molar-refractivity contribution in [2.24, 2.45) is 5.92 Å². The van der Waals surface area contributed by atoms with Gasteiger partial charge in [0, 0.05) is 18.0 Å². The van der Waals surface area contributed by atoms with Crippen molar-refractivity contribution in [3.63, 3.8) is 0 Å². The molecule has 3 rings (SSSR count). The third-order valence-corrected chi connectivity index (χ3v) is 5.25. The van der Waals surface area contributed by atoms with Gasteiger partial charge in [-0.2, -0.15) is 0 Å². The predicted molar refractivity (Wildman–Crippen MR) is 91.7 cm³/mol. The van der Waals surface area contributed by atoms with E-state index >= 15 is 0 Å². The van der Waals surface area contributed by atoms with Gasteiger partial charge in [-0.15, -0.1) is 11.3 Å². The summed E-state index contributed by atoms with van der Waals surface area (Å²) in [4.78, 5) is 3.98. The SMILES string of the molecule is CCN1CCC(CNCc2cc(-c3ccccc3)cs2)C1. The number of hydrogen-bond donors (Lipinski definition) is 1. The van der Waals surface area contributed by atoms with Crippen molar-refractivity contribution >= 4 is 11.3 Å². The van der Waals surface area contributed by atoms with Gasteiger partial charge in [-0.05, 0) is 54.5 Å². The lowest BCUT2D eigenvalue weighted by atomic mass is 10.1. The number of hydrogen-bond acceptors (Lipinski definition) is 3. The average Bonchev–Trinajstić information content (AvgIpc) is 3.17. The third kappa shape index (κ3) is 3.94. The van der Waals surface area contributed by atoms with Crippen molar-refractivity contribution in [2.75, 3.05) is 26.2 Å². The summed E-state index contributed by atoms with van der Waals surface area (Å²) in [5, 5.41) is 5.90. The Balaban J connectivity index is 1.47. The molecular formula is C18H24N2S. The number of thiophene rings is 1. The highest BCUT2D eigenvalue weighted by Gasteiger charge is 2.20. The molecule has 1 aromatic heterocycles. The molecule has 112 valence electrons. The molecule has 0 aliphatic carbocycles. The Kier molecular flexibility index (Phi) is 5.07. The first kappa shape index (κ1) is 14.8. The monoisotopic (exact) mass is 300 g/mol. The van der Waals surface area contributed by atoms with Gasteiger partial charge in [0.2, 0.25) is 0 Å². The van der Waals surface area contributed by atoms with Gasteiger partial charge in [-0.1, -0.05) is 37.3 Å². The maximum absolute atomic E-state index is 3.64. The second kappa shape index (κ2) is 7.21. The van der Waals surface area contributed by atoms with Gasteiger partial charge >= 0.3 is 0 Å². The maximum Gasteiger partial charge on any atom is 0.0300 e. The summed E-state index contributed by atoms with van der Waals surface area (Å²) in [5.74, 6) is 0.832. The fourth-order valence-corrected chi connectivity index (χ4v) is 3.88. The first-order chi connectivity index (χ1) is 10.3. The van der Waals surface area contributed by atoms with Gasteiger partial charge < -0.3 is 10.2 Å². The Morgan fingerprint density at radius 1 is 1.24 bits per heavy atom. The zero-order valence-corrected chi connectivity index (χ0v) is 13.5. The van der Waals surface area contributed by atoms with E-state index in [1.807, 2.05) is 11.3 Å². The van der Waals surface area contributed by atoms with Crippen LogP contribution in [0.25, 0.3) is 11.1 Å². The van der Waals surface area contributed by atoms with Crippen molar-refractivity contribution in [2.45, 2.75) is 19.9 Å². The third-order valence-electron chi connectivity index (χ3n) is 4.31. The van der Waals surface area contributed by atoms with Crippen LogP contribution in [-0.4, -0.2) is 31.1 Å². The zero-order valence-electron chi connectivity index (χ0n) is 12.7. The minimum absolute atomic E-state index is 0.832. The van der Waals surface area contributed by atoms with Crippen LogP contribution in [0, 0.1) is 5.92 Å². The van der Waals surface area contributed by atoms with Crippen molar-refractivity contribution in [3.05, 3.63) is 46.7 Å². The Hall–Kier alpha value is -1.16. The van der Waals surface area contributed by atoms with Crippen LogP contribution in [0.2, 0.25) is 0 Å². The molecule has 2 heterocycles. The van der Waals surface area contributed by atoms with Crippen LogP contribution in [0.15, 0.2) is 41.8 Å². The average molecular weight is 300 g/mol. The maximum atomic E-state index is 3.64. The predicted octanol–water partition coefficient (Wildman–Crippen LogP) is 3.85. The van der Waals surface area contributed by atoms with E-state index in [0.29, 0.717) is 0 Å². The largest absolute Gasteiger partial charge is 0.312 e. The van der Waals surface area contributed by atoms with Crippen molar-refractivity contribution in [1.82, 2.24) is 10.2 Å². The molecule has 1 saturated heterocycles. The Labute approximate surface area is 131 Å². The van der Waals surface area contributed by atoms with Gasteiger partial charge in [0.1, 0.15) is 0 Å². The molecule has 1 aliphatic heterocycles. The van der Waals surface area contributed by atoms with E-state index in [-0.39, 0.29) is 0 Å². The summed E-state index contributed by atoms with van der Waals surface area (Å²) in [6, 6.07) is 12.9. The molecule has 21 heavy (non-hydrogen) atoms. The Bertz CT molecular complexity index is 549. The first-order valence-corrected chi connectivity index (χ1v) is 8.79. The molecule has 2 aromatic rings. The lowest BCUT2D eigenvalue weighted by Crippen LogP contribution is -2.25. The minimum atomic E-state index is 0.832. The van der Waals surface area contributed by atoms with Crippen molar-refractivity contribution in [3.8, 4) is 11.1 Å². The summed E-state index contributed by atoms with van der Waals surface area (Å²) < 4.78 is 0. The summed E-state index contributed by atoms with van der Waals surface area (Å²) in [5.41, 5.74) is 2.66. The fourth-order valence-electron chi connectivity index (χ4n) is 3.02. The van der Waals surface area contributed by atoms with E-state index in [9.17, 15) is 0 Å². The molecular weight excluding hydrogens is 276 g/mol. The topological polar surface area (TPSA) is 15.3 Å². The molecule has 0 bridgehead atoms. The van der Waals surface area contributed by atoms with Crippen LogP contribution in [-0.2, 0) is 6.54 Å². The lowest BCUT2D eigenvalue weighted by Gasteiger charge is -2.13. The molecule has 0 amide bonds. The molecule has 1 N–H and O–H groups in total. The highest BCUT2D eigenvalue weighted by atomic mass is 32.1. The van der Waals surface area contributed by atoms with Crippen LogP contribution < -0.4 is 5.32 Å². The zero-order chi connectivity index (χ0) is 14.5. The highest BCUT2D eigenvalue weighted by Crippen LogP contribution is 2.25. The van der Waals surface area contributed by atoms with Crippen LogP contribution in [0.3, 0.4) is 0 Å². The summed E-state index contributed by atoms with van der Waals surface area (Å²) >= 11 is 1.86. The van der Waals surface area contributed by atoms with Gasteiger partial charge in [-0.25, -0.2) is 0 Å². The molecule has 0 radical (unpaired) electrons. The quantitative estimate of drug-likeness (QED) is 0.872. The standard InChI is InChI=1S/C18H24N2S/c1-2-20-9-8-15(13-20)11-19-12-18-10-17(14-21-18)16-6-4-3-5-7-16/h3-7,10,14-15,19H,2,8-9,11-13H2,1H3. The number of rotatable bonds is 6. The van der Waals surface area contributed by atoms with E-state index in [1.54, 1.807) is 0 Å². The lowest BCUT2D eigenvalue weighted by molar-refractivity contribution is 0.339. The Morgan fingerprint density at radius 2 is 2.10 bits per heavy atom. The van der Waals surface area contributed by atoms with Crippen LogP contribution in [0.5, 0.6) is 0 Å². The summed E-state index contributed by atoms with van der Waals surface area (Å²) in [7, 11) is 0. The van der Waals surface area contributed by atoms with Gasteiger partial charge in [-0.3, -0.25) is 0 Å². The molecule has 1 fully saturated rings. The van der Waals surface area contributed by atoms with Crippen LogP contribution in [0.1, 0.15) is 18.2 Å². The van der Waals surface area contributed by atoms with E-state index in [2.05, 4.69) is 58.9 Å². The summed E-state index contributed by atoms with van der Waals surface area (Å²) in [6.07, 6.45) is 1.35. The molecule has 1 aliphatic rings. The van der Waals surface area contributed by atoms with Crippen LogP contribution >= 0.6 is 11.3 Å². The van der Waals surface area contributed by atoms with E-state index in [0.717, 1.165) is 19.0 Å². The number of nitrogens with zero attached hydrogens (tertiary/aromatic N) is 1. The van der Waals surface area contributed by atoms with Crippen molar-refractivity contribution < 1.29 is 0 Å². The Morgan fingerprint density at radius 3 is 2.86 bits per heavy atom. The second-order valence-electron chi connectivity index (χ2n) is 5.85. The molecule has 2 nitrogen and oxygen atoms in total. The van der Waals surface area contributed by atoms with Crippen LogP contribution in [0.4, 0.5) is 0 Å². The molecule has 3 heteroatoms. The molecule has 1 atom stereocenters. The number of likely N-dealkylation sites (tertiary alicyclic amines) is 1. The highest BCUT2D eigenvalue weighted by molar-refractivity contribution is 7.10. The number of nitrogens with one attached hydrogen (secondary N) is 1. The van der Waals surface area contributed by atoms with E-state index < -0.39 is 0 Å². The molecule has 0 saturated carbocycles. The molecule has 1 aromatic carbocycles. The second-order valence-corrected chi connectivity index (χ2v) is 6.84. The van der Waals surface area contributed by atoms with E-state index in [4.69, 9.17) is 0 Å². The molecule has 1 unspecified atom stereocenters. The van der Waals surface area contributed by atoms with Gasteiger partial charge in [0.05, 0.1) is 0 Å². The van der Waals surface area contributed by atoms with Gasteiger partial charge in [0.25, 0.3) is 0 Å². The van der Waals surface area contributed by atoms with Gasteiger partial charge in [0.15, 0.2) is 0 Å².